The van der Waals surface area contributed by atoms with Gasteiger partial charge < -0.3 is 5.11 Å². The minimum Gasteiger partial charge on any atom is -0.512 e. The van der Waals surface area contributed by atoms with Crippen LogP contribution in [0.25, 0.3) is 0 Å². The maximum absolute atomic E-state index is 12.8. The molecular weight excluding hydrogens is 143 g/mol. The molecule has 0 saturated carbocycles. The van der Waals surface area contributed by atoms with Crippen LogP contribution in [0.15, 0.2) is 35.1 Å². The van der Waals surface area contributed by atoms with Crippen LogP contribution in [0.2, 0.25) is 0 Å². The van der Waals surface area contributed by atoms with E-state index in [0.29, 0.717) is 11.1 Å². The molecule has 0 fully saturated rings. The van der Waals surface area contributed by atoms with Gasteiger partial charge in [-0.15, -0.1) is 0 Å². The first-order chi connectivity index (χ1) is 5.11. The lowest BCUT2D eigenvalue weighted by Crippen LogP contribution is -2.02. The Hall–Kier alpha value is -1.05. The van der Waals surface area contributed by atoms with E-state index in [1.807, 2.05) is 0 Å². The molecule has 0 aromatic rings. The van der Waals surface area contributed by atoms with Crippen molar-refractivity contribution >= 4 is 0 Å². The molecule has 1 N–H and O–H groups in total. The second kappa shape index (κ2) is 2.91. The van der Waals surface area contributed by atoms with Crippen LogP contribution in [0.4, 0.5) is 4.39 Å². The lowest BCUT2D eigenvalue weighted by molar-refractivity contribution is 0.408. The van der Waals surface area contributed by atoms with Crippen LogP contribution in [0.1, 0.15) is 13.8 Å². The Balaban J connectivity index is 2.95. The highest BCUT2D eigenvalue weighted by Crippen LogP contribution is 2.19. The smallest absolute Gasteiger partial charge is 0.140 e. The van der Waals surface area contributed by atoms with Gasteiger partial charge in [0.2, 0.25) is 0 Å². The molecule has 2 heteroatoms. The Bertz CT molecular complexity index is 244. The zero-order valence-electron chi connectivity index (χ0n) is 6.63. The molecule has 0 aromatic carbocycles. The number of allylic oxidation sites excluding steroid dienone is 6. The van der Waals surface area contributed by atoms with Crippen molar-refractivity contribution in [1.82, 2.24) is 0 Å². The minimum atomic E-state index is -0.988. The Morgan fingerprint density at radius 2 is 2.27 bits per heavy atom. The lowest BCUT2D eigenvalue weighted by Gasteiger charge is -2.10. The highest BCUT2D eigenvalue weighted by molar-refractivity contribution is 5.41. The van der Waals surface area contributed by atoms with Gasteiger partial charge in [0.25, 0.3) is 0 Å². The Morgan fingerprint density at radius 3 is 2.73 bits per heavy atom. The largest absolute Gasteiger partial charge is 0.512 e. The molecule has 1 nitrogen and oxygen atoms in total. The van der Waals surface area contributed by atoms with Crippen molar-refractivity contribution < 1.29 is 9.50 Å². The lowest BCUT2D eigenvalue weighted by atomic mass is 10.0. The molecule has 0 aliphatic heterocycles. The molecule has 1 unspecified atom stereocenters. The van der Waals surface area contributed by atoms with Crippen LogP contribution in [0.5, 0.6) is 0 Å². The molecule has 1 aliphatic rings. The van der Waals surface area contributed by atoms with Crippen LogP contribution < -0.4 is 0 Å². The third-order valence-electron chi connectivity index (χ3n) is 1.68. The van der Waals surface area contributed by atoms with Gasteiger partial charge >= 0.3 is 0 Å². The molecule has 0 amide bonds. The Morgan fingerprint density at radius 1 is 1.64 bits per heavy atom. The summed E-state index contributed by atoms with van der Waals surface area (Å²) >= 11 is 0. The normalized spacial score (nSPS) is 28.3. The third kappa shape index (κ3) is 1.70. The van der Waals surface area contributed by atoms with Crippen LogP contribution in [-0.4, -0.2) is 11.3 Å². The molecule has 0 aromatic heterocycles. The standard InChI is InChI=1S/C9H11FO/c1-6-5-8(7(2)11)3-4-9(6)10/h3-5,9,11H,1-2H3/b8-7+. The fourth-order valence-electron chi connectivity index (χ4n) is 0.938. The summed E-state index contributed by atoms with van der Waals surface area (Å²) in [6.07, 6.45) is 3.69. The first kappa shape index (κ1) is 8.05. The highest BCUT2D eigenvalue weighted by Gasteiger charge is 2.10. The molecule has 0 heterocycles. The number of hydrogen-bond acceptors (Lipinski definition) is 1. The second-order valence-corrected chi connectivity index (χ2v) is 2.69. The average molecular weight is 154 g/mol. The van der Waals surface area contributed by atoms with Crippen molar-refractivity contribution in [1.29, 1.82) is 0 Å². The summed E-state index contributed by atoms with van der Waals surface area (Å²) in [6.45, 7) is 3.29. The van der Waals surface area contributed by atoms with Gasteiger partial charge in [-0.2, -0.15) is 0 Å². The van der Waals surface area contributed by atoms with E-state index in [9.17, 15) is 4.39 Å². The maximum atomic E-state index is 12.8. The molecule has 1 aliphatic carbocycles. The number of halogens is 1. The zero-order valence-corrected chi connectivity index (χ0v) is 6.63. The van der Waals surface area contributed by atoms with Crippen molar-refractivity contribution in [2.24, 2.45) is 0 Å². The van der Waals surface area contributed by atoms with Crippen LogP contribution in [-0.2, 0) is 0 Å². The maximum Gasteiger partial charge on any atom is 0.140 e. The van der Waals surface area contributed by atoms with Crippen LogP contribution in [0.3, 0.4) is 0 Å². The number of rotatable bonds is 0. The first-order valence-electron chi connectivity index (χ1n) is 3.51. The quantitative estimate of drug-likeness (QED) is 0.532. The number of alkyl halides is 1. The first-order valence-corrected chi connectivity index (χ1v) is 3.51. The molecule has 1 atom stereocenters. The van der Waals surface area contributed by atoms with Gasteiger partial charge in [-0.25, -0.2) is 4.39 Å². The van der Waals surface area contributed by atoms with E-state index in [1.54, 1.807) is 26.0 Å². The predicted molar refractivity (Wildman–Crippen MR) is 43.1 cm³/mol. The van der Waals surface area contributed by atoms with E-state index in [1.165, 1.54) is 6.08 Å². The predicted octanol–water partition coefficient (Wildman–Crippen LogP) is 2.67. The van der Waals surface area contributed by atoms with E-state index < -0.39 is 6.17 Å². The molecule has 0 spiro atoms. The minimum absolute atomic E-state index is 0.229. The SMILES string of the molecule is CC1=C/C(=C(\C)O)C=CC1F. The number of aliphatic hydroxyl groups is 1. The summed E-state index contributed by atoms with van der Waals surface area (Å²) in [5.41, 5.74) is 1.33. The van der Waals surface area contributed by atoms with Crippen molar-refractivity contribution in [2.45, 2.75) is 20.0 Å². The molecule has 0 radical (unpaired) electrons. The second-order valence-electron chi connectivity index (χ2n) is 2.69. The summed E-state index contributed by atoms with van der Waals surface area (Å²) in [5, 5.41) is 9.04. The van der Waals surface area contributed by atoms with Crippen molar-refractivity contribution in [3.63, 3.8) is 0 Å². The van der Waals surface area contributed by atoms with Gasteiger partial charge in [-0.1, -0.05) is 6.08 Å². The molecule has 1 rings (SSSR count). The van der Waals surface area contributed by atoms with Gasteiger partial charge in [0.05, 0.1) is 5.76 Å². The van der Waals surface area contributed by atoms with E-state index in [-0.39, 0.29) is 5.76 Å². The van der Waals surface area contributed by atoms with Crippen LogP contribution >= 0.6 is 0 Å². The van der Waals surface area contributed by atoms with Gasteiger partial charge in [-0.3, -0.25) is 0 Å². The molecule has 0 saturated heterocycles. The molecule has 0 bridgehead atoms. The topological polar surface area (TPSA) is 20.2 Å². The highest BCUT2D eigenvalue weighted by atomic mass is 19.1. The van der Waals surface area contributed by atoms with E-state index in [2.05, 4.69) is 0 Å². The molecule has 60 valence electrons. The van der Waals surface area contributed by atoms with Crippen molar-refractivity contribution in [3.05, 3.63) is 35.1 Å². The van der Waals surface area contributed by atoms with Gasteiger partial charge in [0.15, 0.2) is 0 Å². The molecular formula is C9H11FO. The summed E-state index contributed by atoms with van der Waals surface area (Å²) in [5.74, 6) is 0.229. The fourth-order valence-corrected chi connectivity index (χ4v) is 0.938. The Labute approximate surface area is 65.5 Å². The van der Waals surface area contributed by atoms with Gasteiger partial charge in [0, 0.05) is 5.57 Å². The zero-order chi connectivity index (χ0) is 8.43. The van der Waals surface area contributed by atoms with E-state index in [0.717, 1.165) is 0 Å². The Kier molecular flexibility index (Phi) is 2.13. The fraction of sp³-hybridized carbons (Fsp3) is 0.333. The third-order valence-corrected chi connectivity index (χ3v) is 1.68. The van der Waals surface area contributed by atoms with Crippen LogP contribution in [0, 0.1) is 0 Å². The van der Waals surface area contributed by atoms with Crippen molar-refractivity contribution in [2.75, 3.05) is 0 Å². The monoisotopic (exact) mass is 154 g/mol. The summed E-state index contributed by atoms with van der Waals surface area (Å²) in [7, 11) is 0. The summed E-state index contributed by atoms with van der Waals surface area (Å²) in [4.78, 5) is 0. The van der Waals surface area contributed by atoms with Crippen molar-refractivity contribution in [3.8, 4) is 0 Å². The van der Waals surface area contributed by atoms with E-state index >= 15 is 0 Å². The average Bonchev–Trinajstić information content (AvgIpc) is 1.94. The molecule has 11 heavy (non-hydrogen) atoms. The van der Waals surface area contributed by atoms with Gasteiger partial charge in [0.1, 0.15) is 6.17 Å². The summed E-state index contributed by atoms with van der Waals surface area (Å²) in [6, 6.07) is 0. The number of aliphatic hydroxyl groups excluding tert-OH is 1. The number of hydrogen-bond donors (Lipinski definition) is 1. The van der Waals surface area contributed by atoms with Gasteiger partial charge in [-0.05, 0) is 31.6 Å². The summed E-state index contributed by atoms with van der Waals surface area (Å²) < 4.78 is 12.8. The van der Waals surface area contributed by atoms with E-state index in [4.69, 9.17) is 5.11 Å².